The lowest BCUT2D eigenvalue weighted by atomic mass is 9.57. The van der Waals surface area contributed by atoms with Crippen LogP contribution >= 0.6 is 11.8 Å². The zero-order valence-electron chi connectivity index (χ0n) is 24.7. The summed E-state index contributed by atoms with van der Waals surface area (Å²) in [4.78, 5) is 40.4. The van der Waals surface area contributed by atoms with Gasteiger partial charge >= 0.3 is 5.97 Å². The number of anilines is 1. The fourth-order valence-corrected chi connectivity index (χ4v) is 8.20. The summed E-state index contributed by atoms with van der Waals surface area (Å²) >= 11 is 1.26. The standard InChI is InChI=1S/C34H42FNO4S/c1-7-22(4)34(6)30-23(17-18-27(30)37)21(3)19-33(5,8-2)32(34)40-29(38)20-41-28-16-12-11-15-26(28)36-31(39)24-13-9-10-14-25(24)35/h8-16,21-23,30,32H,2,7,17-20H2,1,3-6H3,(H,36,39). The molecule has 0 aliphatic heterocycles. The van der Waals surface area contributed by atoms with Gasteiger partial charge in [-0.05, 0) is 54.9 Å². The number of para-hydroxylation sites is 1. The van der Waals surface area contributed by atoms with Gasteiger partial charge in [-0.2, -0.15) is 0 Å². The van der Waals surface area contributed by atoms with E-state index in [4.69, 9.17) is 4.74 Å². The summed E-state index contributed by atoms with van der Waals surface area (Å²) < 4.78 is 20.6. The Morgan fingerprint density at radius 1 is 1.20 bits per heavy atom. The number of ketones is 1. The molecule has 0 heterocycles. The Hall–Kier alpha value is -2.93. The van der Waals surface area contributed by atoms with Crippen molar-refractivity contribution in [1.29, 1.82) is 0 Å². The van der Waals surface area contributed by atoms with Gasteiger partial charge in [-0.25, -0.2) is 4.39 Å². The van der Waals surface area contributed by atoms with Gasteiger partial charge < -0.3 is 10.1 Å². The molecule has 0 aromatic heterocycles. The molecule has 7 atom stereocenters. The van der Waals surface area contributed by atoms with Gasteiger partial charge in [0, 0.05) is 28.1 Å². The summed E-state index contributed by atoms with van der Waals surface area (Å²) in [5.41, 5.74) is -0.593. The molecule has 1 amide bonds. The first kappa shape index (κ1) is 31.0. The van der Waals surface area contributed by atoms with Crippen molar-refractivity contribution in [3.8, 4) is 0 Å². The minimum atomic E-state index is -0.603. The average Bonchev–Trinajstić information content (AvgIpc) is 3.33. The van der Waals surface area contributed by atoms with E-state index in [1.807, 2.05) is 12.1 Å². The Labute approximate surface area is 247 Å². The molecule has 0 radical (unpaired) electrons. The monoisotopic (exact) mass is 579 g/mol. The van der Waals surface area contributed by atoms with E-state index in [0.29, 0.717) is 22.9 Å². The molecule has 2 saturated carbocycles. The molecule has 7 heteroatoms. The number of benzene rings is 2. The molecule has 0 spiro atoms. The maximum Gasteiger partial charge on any atom is 0.316 e. The molecule has 4 rings (SSSR count). The number of hydrogen-bond donors (Lipinski definition) is 1. The molecule has 5 nitrogen and oxygen atoms in total. The van der Waals surface area contributed by atoms with Gasteiger partial charge in [0.15, 0.2) is 0 Å². The predicted molar refractivity (Wildman–Crippen MR) is 162 cm³/mol. The number of ether oxygens (including phenoxy) is 1. The van der Waals surface area contributed by atoms with Gasteiger partial charge in [0.25, 0.3) is 5.91 Å². The number of rotatable bonds is 9. The number of halogens is 1. The van der Waals surface area contributed by atoms with E-state index in [0.717, 1.165) is 19.3 Å². The van der Waals surface area contributed by atoms with Crippen LogP contribution in [0, 0.1) is 40.3 Å². The van der Waals surface area contributed by atoms with Crippen LogP contribution in [0.2, 0.25) is 0 Å². The summed E-state index contributed by atoms with van der Waals surface area (Å²) in [5.74, 6) is -0.672. The van der Waals surface area contributed by atoms with E-state index in [1.54, 1.807) is 24.3 Å². The van der Waals surface area contributed by atoms with E-state index in [2.05, 4.69) is 46.5 Å². The molecule has 41 heavy (non-hydrogen) atoms. The number of nitrogens with one attached hydrogen (secondary N) is 1. The van der Waals surface area contributed by atoms with E-state index >= 15 is 0 Å². The quantitative estimate of drug-likeness (QED) is 0.185. The zero-order chi connectivity index (χ0) is 29.9. The van der Waals surface area contributed by atoms with Crippen molar-refractivity contribution in [3.63, 3.8) is 0 Å². The Balaban J connectivity index is 1.57. The first-order chi connectivity index (χ1) is 19.5. The van der Waals surface area contributed by atoms with Crippen molar-refractivity contribution >= 4 is 35.1 Å². The average molecular weight is 580 g/mol. The van der Waals surface area contributed by atoms with E-state index in [9.17, 15) is 18.8 Å². The number of carbonyl (C=O) groups excluding carboxylic acids is 3. The smallest absolute Gasteiger partial charge is 0.316 e. The molecule has 2 fully saturated rings. The zero-order valence-corrected chi connectivity index (χ0v) is 25.6. The third-order valence-electron chi connectivity index (χ3n) is 9.81. The van der Waals surface area contributed by atoms with E-state index in [-0.39, 0.29) is 40.8 Å². The van der Waals surface area contributed by atoms with E-state index < -0.39 is 28.7 Å². The van der Waals surface area contributed by atoms with Crippen molar-refractivity contribution < 1.29 is 23.5 Å². The summed E-state index contributed by atoms with van der Waals surface area (Å²) in [7, 11) is 0. The normalized spacial score (nSPS) is 30.1. The Bertz CT molecular complexity index is 1310. The van der Waals surface area contributed by atoms with Crippen LogP contribution in [0.25, 0.3) is 0 Å². The predicted octanol–water partition coefficient (Wildman–Crippen LogP) is 7.96. The fraction of sp³-hybridized carbons (Fsp3) is 0.500. The highest BCUT2D eigenvalue weighted by atomic mass is 32.2. The summed E-state index contributed by atoms with van der Waals surface area (Å²) in [6.07, 6.45) is 4.55. The van der Waals surface area contributed by atoms with Gasteiger partial charge in [-0.15, -0.1) is 18.3 Å². The molecule has 0 bridgehead atoms. The maximum atomic E-state index is 14.2. The Morgan fingerprint density at radius 2 is 1.88 bits per heavy atom. The summed E-state index contributed by atoms with van der Waals surface area (Å²) in [5, 5.41) is 2.77. The molecule has 7 unspecified atom stereocenters. The molecule has 2 aromatic rings. The van der Waals surface area contributed by atoms with Crippen LogP contribution in [0.3, 0.4) is 0 Å². The molecule has 0 saturated heterocycles. The van der Waals surface area contributed by atoms with Gasteiger partial charge in [0.05, 0.1) is 17.0 Å². The SMILES string of the molecule is C=CC1(C)CC(C)C2CCC(=O)C2C(C)(C(C)CC)C1OC(=O)CSc1ccccc1NC(=O)c1ccccc1F. The summed E-state index contributed by atoms with van der Waals surface area (Å²) in [6, 6.07) is 12.9. The number of fused-ring (bicyclic) bond motifs is 1. The summed E-state index contributed by atoms with van der Waals surface area (Å²) in [6.45, 7) is 15.0. The first-order valence-electron chi connectivity index (χ1n) is 14.6. The molecule has 2 aliphatic rings. The lowest BCUT2D eigenvalue weighted by Crippen LogP contribution is -2.54. The highest BCUT2D eigenvalue weighted by molar-refractivity contribution is 8.00. The number of thioether (sulfide) groups is 1. The number of esters is 1. The Kier molecular flexibility index (Phi) is 9.47. The Morgan fingerprint density at radius 3 is 2.56 bits per heavy atom. The lowest BCUT2D eigenvalue weighted by molar-refractivity contribution is -0.173. The largest absolute Gasteiger partial charge is 0.460 e. The minimum Gasteiger partial charge on any atom is -0.460 e. The van der Waals surface area contributed by atoms with Crippen LogP contribution in [-0.4, -0.2) is 29.5 Å². The van der Waals surface area contributed by atoms with Crippen LogP contribution in [0.5, 0.6) is 0 Å². The van der Waals surface area contributed by atoms with Gasteiger partial charge in [-0.3, -0.25) is 14.4 Å². The second-order valence-corrected chi connectivity index (χ2v) is 13.3. The van der Waals surface area contributed by atoms with Crippen LogP contribution in [0.1, 0.15) is 70.7 Å². The fourth-order valence-electron chi connectivity index (χ4n) is 7.41. The highest BCUT2D eigenvalue weighted by Crippen LogP contribution is 2.60. The van der Waals surface area contributed by atoms with Crippen molar-refractivity contribution in [2.75, 3.05) is 11.1 Å². The van der Waals surface area contributed by atoms with Crippen LogP contribution in [0.4, 0.5) is 10.1 Å². The van der Waals surface area contributed by atoms with Crippen molar-refractivity contribution in [2.45, 2.75) is 71.3 Å². The van der Waals surface area contributed by atoms with Crippen LogP contribution in [-0.2, 0) is 14.3 Å². The first-order valence-corrected chi connectivity index (χ1v) is 15.6. The maximum absolute atomic E-state index is 14.2. The molecule has 2 aromatic carbocycles. The molecule has 1 N–H and O–H groups in total. The van der Waals surface area contributed by atoms with E-state index in [1.165, 1.54) is 30.0 Å². The molecule has 2 aliphatic carbocycles. The third-order valence-corrected chi connectivity index (χ3v) is 10.9. The second kappa shape index (κ2) is 12.5. The minimum absolute atomic E-state index is 0.0183. The molecular weight excluding hydrogens is 537 g/mol. The highest BCUT2D eigenvalue weighted by Gasteiger charge is 2.62. The van der Waals surface area contributed by atoms with Gasteiger partial charge in [0.1, 0.15) is 17.7 Å². The van der Waals surface area contributed by atoms with Crippen molar-refractivity contribution in [3.05, 3.63) is 72.6 Å². The third kappa shape index (κ3) is 6.01. The number of amides is 1. The molecule has 220 valence electrons. The van der Waals surface area contributed by atoms with Crippen LogP contribution in [0.15, 0.2) is 66.1 Å². The van der Waals surface area contributed by atoms with Crippen molar-refractivity contribution in [2.24, 2.45) is 34.5 Å². The van der Waals surface area contributed by atoms with Crippen molar-refractivity contribution in [1.82, 2.24) is 0 Å². The number of hydrogen-bond acceptors (Lipinski definition) is 5. The molecular formula is C34H42FNO4S. The number of Topliss-reactive ketones (excluding diaryl/α,β-unsaturated/α-hetero) is 1. The van der Waals surface area contributed by atoms with Gasteiger partial charge in [-0.1, -0.05) is 71.4 Å². The number of carbonyl (C=O) groups is 3. The lowest BCUT2D eigenvalue weighted by Gasteiger charge is -2.50. The van der Waals surface area contributed by atoms with Gasteiger partial charge in [0.2, 0.25) is 0 Å². The second-order valence-electron chi connectivity index (χ2n) is 12.3. The van der Waals surface area contributed by atoms with Crippen LogP contribution < -0.4 is 5.32 Å². The topological polar surface area (TPSA) is 72.5 Å².